The van der Waals surface area contributed by atoms with Gasteiger partial charge in [-0.2, -0.15) is 0 Å². The smallest absolute Gasteiger partial charge is 0.320 e. The third kappa shape index (κ3) is 3.04. The monoisotopic (exact) mass is 255 g/mol. The van der Waals surface area contributed by atoms with E-state index >= 15 is 0 Å². The first-order valence-corrected chi connectivity index (χ1v) is 5.30. The van der Waals surface area contributed by atoms with Gasteiger partial charge in [-0.05, 0) is 0 Å². The Bertz CT molecular complexity index is 407. The summed E-state index contributed by atoms with van der Waals surface area (Å²) in [7, 11) is 4.50. The van der Waals surface area contributed by atoms with Crippen molar-refractivity contribution in [1.29, 1.82) is 0 Å². The van der Waals surface area contributed by atoms with Crippen LogP contribution in [0.2, 0.25) is 0 Å². The third-order valence-electron chi connectivity index (χ3n) is 2.56. The van der Waals surface area contributed by atoms with E-state index in [0.29, 0.717) is 22.8 Å². The standard InChI is InChI=1S/C12H17NO5/c1-16-7-4-10(17-2)8(11(5-7)18-3)6-9(13)12(14)15/h4-5,9H,6,13H2,1-3H3,(H,14,15)/t9-/m1/s1. The minimum atomic E-state index is -1.07. The summed E-state index contributed by atoms with van der Waals surface area (Å²) in [5, 5.41) is 8.84. The van der Waals surface area contributed by atoms with Crippen LogP contribution in [0.4, 0.5) is 0 Å². The predicted octanol–water partition coefficient (Wildman–Crippen LogP) is 0.667. The van der Waals surface area contributed by atoms with E-state index in [4.69, 9.17) is 25.1 Å². The Morgan fingerprint density at radius 1 is 1.22 bits per heavy atom. The Hall–Kier alpha value is -1.95. The van der Waals surface area contributed by atoms with Crippen LogP contribution >= 0.6 is 0 Å². The number of carbonyl (C=O) groups is 1. The fraction of sp³-hybridized carbons (Fsp3) is 0.417. The maximum atomic E-state index is 10.8. The summed E-state index contributed by atoms with van der Waals surface area (Å²) in [6, 6.07) is 2.31. The van der Waals surface area contributed by atoms with E-state index in [2.05, 4.69) is 0 Å². The van der Waals surface area contributed by atoms with Gasteiger partial charge in [-0.1, -0.05) is 0 Å². The molecule has 6 nitrogen and oxygen atoms in total. The van der Waals surface area contributed by atoms with Gasteiger partial charge in [-0.3, -0.25) is 4.79 Å². The van der Waals surface area contributed by atoms with Crippen molar-refractivity contribution in [2.24, 2.45) is 5.73 Å². The van der Waals surface area contributed by atoms with Crippen LogP contribution in [0, 0.1) is 0 Å². The van der Waals surface area contributed by atoms with Gasteiger partial charge in [-0.25, -0.2) is 0 Å². The van der Waals surface area contributed by atoms with Crippen LogP contribution in [0.3, 0.4) is 0 Å². The number of hydrogen-bond acceptors (Lipinski definition) is 5. The molecular formula is C12H17NO5. The van der Waals surface area contributed by atoms with Gasteiger partial charge in [0.15, 0.2) is 0 Å². The molecular weight excluding hydrogens is 238 g/mol. The highest BCUT2D eigenvalue weighted by Crippen LogP contribution is 2.34. The van der Waals surface area contributed by atoms with Crippen LogP contribution < -0.4 is 19.9 Å². The molecule has 0 aliphatic carbocycles. The molecule has 0 bridgehead atoms. The van der Waals surface area contributed by atoms with Crippen molar-refractivity contribution in [3.63, 3.8) is 0 Å². The Morgan fingerprint density at radius 3 is 2.06 bits per heavy atom. The summed E-state index contributed by atoms with van der Waals surface area (Å²) in [6.45, 7) is 0. The Labute approximate surface area is 105 Å². The molecule has 0 fully saturated rings. The van der Waals surface area contributed by atoms with Crippen LogP contribution in [0.5, 0.6) is 17.2 Å². The number of nitrogens with two attached hydrogens (primary N) is 1. The summed E-state index contributed by atoms with van der Waals surface area (Å²) in [5.74, 6) is 0.470. The van der Waals surface area contributed by atoms with Gasteiger partial charge >= 0.3 is 5.97 Å². The molecule has 1 rings (SSSR count). The second kappa shape index (κ2) is 6.11. The normalized spacial score (nSPS) is 11.8. The first-order chi connectivity index (χ1) is 8.53. The SMILES string of the molecule is COc1cc(OC)c(C[C@@H](N)C(=O)O)c(OC)c1. The molecule has 0 aromatic heterocycles. The van der Waals surface area contributed by atoms with Crippen LogP contribution in [0.25, 0.3) is 0 Å². The van der Waals surface area contributed by atoms with E-state index in [-0.39, 0.29) is 6.42 Å². The average molecular weight is 255 g/mol. The van der Waals surface area contributed by atoms with E-state index in [1.165, 1.54) is 21.3 Å². The minimum absolute atomic E-state index is 0.117. The summed E-state index contributed by atoms with van der Waals surface area (Å²) >= 11 is 0. The molecule has 0 radical (unpaired) electrons. The largest absolute Gasteiger partial charge is 0.496 e. The Morgan fingerprint density at radius 2 is 1.72 bits per heavy atom. The molecule has 0 spiro atoms. The molecule has 0 aliphatic heterocycles. The molecule has 0 saturated heterocycles. The lowest BCUT2D eigenvalue weighted by Crippen LogP contribution is -2.32. The van der Waals surface area contributed by atoms with E-state index < -0.39 is 12.0 Å². The molecule has 1 atom stereocenters. The maximum absolute atomic E-state index is 10.8. The topological polar surface area (TPSA) is 91.0 Å². The molecule has 0 unspecified atom stereocenters. The van der Waals surface area contributed by atoms with E-state index in [1.54, 1.807) is 12.1 Å². The lowest BCUT2D eigenvalue weighted by Gasteiger charge is -2.16. The molecule has 1 aromatic carbocycles. The number of rotatable bonds is 6. The maximum Gasteiger partial charge on any atom is 0.320 e. The molecule has 1 aromatic rings. The van der Waals surface area contributed by atoms with E-state index in [1.807, 2.05) is 0 Å². The second-order valence-electron chi connectivity index (χ2n) is 3.66. The summed E-state index contributed by atoms with van der Waals surface area (Å²) < 4.78 is 15.5. The van der Waals surface area contributed by atoms with Gasteiger partial charge in [0.05, 0.1) is 21.3 Å². The summed E-state index contributed by atoms with van der Waals surface area (Å²) in [6.07, 6.45) is 0.117. The highest BCUT2D eigenvalue weighted by Gasteiger charge is 2.19. The van der Waals surface area contributed by atoms with Crippen LogP contribution in [-0.4, -0.2) is 38.4 Å². The first kappa shape index (κ1) is 14.1. The second-order valence-corrected chi connectivity index (χ2v) is 3.66. The number of methoxy groups -OCH3 is 3. The highest BCUT2D eigenvalue weighted by molar-refractivity contribution is 5.74. The van der Waals surface area contributed by atoms with Gasteiger partial charge in [0, 0.05) is 24.1 Å². The van der Waals surface area contributed by atoms with E-state index in [0.717, 1.165) is 0 Å². The van der Waals surface area contributed by atoms with Gasteiger partial charge in [0.1, 0.15) is 23.3 Å². The zero-order chi connectivity index (χ0) is 13.7. The molecule has 0 saturated carbocycles. The number of hydrogen-bond donors (Lipinski definition) is 2. The lowest BCUT2D eigenvalue weighted by atomic mass is 10.0. The van der Waals surface area contributed by atoms with Gasteiger partial charge in [-0.15, -0.1) is 0 Å². The molecule has 0 aliphatic rings. The lowest BCUT2D eigenvalue weighted by molar-refractivity contribution is -0.138. The highest BCUT2D eigenvalue weighted by atomic mass is 16.5. The zero-order valence-corrected chi connectivity index (χ0v) is 10.6. The zero-order valence-electron chi connectivity index (χ0n) is 10.6. The van der Waals surface area contributed by atoms with Crippen molar-refractivity contribution in [2.75, 3.05) is 21.3 Å². The average Bonchev–Trinajstić information content (AvgIpc) is 2.38. The molecule has 3 N–H and O–H groups in total. The fourth-order valence-corrected chi connectivity index (χ4v) is 1.59. The molecule has 100 valence electrons. The number of benzene rings is 1. The third-order valence-corrected chi connectivity index (χ3v) is 2.56. The number of carboxylic acids is 1. The fourth-order valence-electron chi connectivity index (χ4n) is 1.59. The molecule has 0 heterocycles. The summed E-state index contributed by atoms with van der Waals surface area (Å²) in [5.41, 5.74) is 6.13. The number of aliphatic carboxylic acids is 1. The Kier molecular flexibility index (Phi) is 4.79. The van der Waals surface area contributed by atoms with Crippen LogP contribution in [0.15, 0.2) is 12.1 Å². The van der Waals surface area contributed by atoms with Crippen molar-refractivity contribution >= 4 is 5.97 Å². The summed E-state index contributed by atoms with van der Waals surface area (Å²) in [4.78, 5) is 10.8. The van der Waals surface area contributed by atoms with Crippen molar-refractivity contribution in [3.8, 4) is 17.2 Å². The van der Waals surface area contributed by atoms with Crippen molar-refractivity contribution < 1.29 is 24.1 Å². The number of carboxylic acid groups (broad SMARTS) is 1. The quantitative estimate of drug-likeness (QED) is 0.776. The van der Waals surface area contributed by atoms with Gasteiger partial charge in [0.2, 0.25) is 0 Å². The van der Waals surface area contributed by atoms with Crippen molar-refractivity contribution in [1.82, 2.24) is 0 Å². The minimum Gasteiger partial charge on any atom is -0.496 e. The molecule has 18 heavy (non-hydrogen) atoms. The van der Waals surface area contributed by atoms with Gasteiger partial charge < -0.3 is 25.1 Å². The number of ether oxygens (including phenoxy) is 3. The van der Waals surface area contributed by atoms with Crippen LogP contribution in [-0.2, 0) is 11.2 Å². The predicted molar refractivity (Wildman–Crippen MR) is 65.4 cm³/mol. The van der Waals surface area contributed by atoms with Gasteiger partial charge in [0.25, 0.3) is 0 Å². The molecule has 6 heteroatoms. The van der Waals surface area contributed by atoms with Crippen LogP contribution in [0.1, 0.15) is 5.56 Å². The first-order valence-electron chi connectivity index (χ1n) is 5.30. The van der Waals surface area contributed by atoms with Crippen molar-refractivity contribution in [3.05, 3.63) is 17.7 Å². The Balaban J connectivity index is 3.18. The molecule has 0 amide bonds. The van der Waals surface area contributed by atoms with Crippen molar-refractivity contribution in [2.45, 2.75) is 12.5 Å². The van der Waals surface area contributed by atoms with E-state index in [9.17, 15) is 4.79 Å².